The maximum Gasteiger partial charge on any atom is 0.108 e. The number of nitrogens with zero attached hydrogens (tertiary/aromatic N) is 4. The zero-order valence-electron chi connectivity index (χ0n) is 13.2. The largest absolute Gasteiger partial charge is 0.338 e. The minimum Gasteiger partial charge on any atom is -0.338 e. The quantitative estimate of drug-likeness (QED) is 0.849. The van der Waals surface area contributed by atoms with E-state index in [1.165, 1.54) is 54.5 Å². The van der Waals surface area contributed by atoms with E-state index in [9.17, 15) is 0 Å². The van der Waals surface area contributed by atoms with E-state index in [1.807, 2.05) is 23.7 Å². The van der Waals surface area contributed by atoms with Gasteiger partial charge in [0, 0.05) is 55.9 Å². The van der Waals surface area contributed by atoms with Crippen molar-refractivity contribution in [3.8, 4) is 0 Å². The van der Waals surface area contributed by atoms with E-state index >= 15 is 0 Å². The standard InChI is InChI=1S/C17H24N4S/c1-20-8-6-18-16(20)9-13-3-2-7-21(11-13)12-15-10-19-17(22-15)14-4-5-14/h6,8,10,13-14H,2-5,7,9,11-12H2,1H3. The van der Waals surface area contributed by atoms with Crippen LogP contribution in [0.3, 0.4) is 0 Å². The molecule has 0 bridgehead atoms. The van der Waals surface area contributed by atoms with E-state index in [0.29, 0.717) is 0 Å². The maximum atomic E-state index is 4.61. The van der Waals surface area contributed by atoms with E-state index in [0.717, 1.165) is 24.8 Å². The Balaban J connectivity index is 1.34. The van der Waals surface area contributed by atoms with Crippen LogP contribution >= 0.6 is 11.3 Å². The van der Waals surface area contributed by atoms with Crippen molar-refractivity contribution in [3.05, 3.63) is 34.3 Å². The average Bonchev–Trinajstić information content (AvgIpc) is 3.14. The van der Waals surface area contributed by atoms with Gasteiger partial charge < -0.3 is 4.57 Å². The van der Waals surface area contributed by atoms with Crippen LogP contribution in [0.25, 0.3) is 0 Å². The number of likely N-dealkylation sites (tertiary alicyclic amines) is 1. The molecule has 1 unspecified atom stereocenters. The van der Waals surface area contributed by atoms with Crippen molar-refractivity contribution in [1.29, 1.82) is 0 Å². The van der Waals surface area contributed by atoms with Crippen LogP contribution in [0.1, 0.15) is 47.3 Å². The highest BCUT2D eigenvalue weighted by Gasteiger charge is 2.27. The minimum atomic E-state index is 0.741. The number of imidazole rings is 1. The van der Waals surface area contributed by atoms with Crippen LogP contribution in [-0.4, -0.2) is 32.5 Å². The lowest BCUT2D eigenvalue weighted by Gasteiger charge is -2.32. The van der Waals surface area contributed by atoms with Crippen molar-refractivity contribution in [2.45, 2.75) is 44.6 Å². The Kier molecular flexibility index (Phi) is 4.01. The summed E-state index contributed by atoms with van der Waals surface area (Å²) in [6.07, 6.45) is 12.5. The molecule has 3 heterocycles. The predicted octanol–water partition coefficient (Wildman–Crippen LogP) is 3.21. The van der Waals surface area contributed by atoms with Crippen molar-refractivity contribution in [3.63, 3.8) is 0 Å². The Morgan fingerprint density at radius 3 is 2.95 bits per heavy atom. The fraction of sp³-hybridized carbons (Fsp3) is 0.647. The smallest absolute Gasteiger partial charge is 0.108 e. The Labute approximate surface area is 136 Å². The molecule has 4 rings (SSSR count). The number of hydrogen-bond acceptors (Lipinski definition) is 4. The van der Waals surface area contributed by atoms with Gasteiger partial charge in [0.2, 0.25) is 0 Å². The van der Waals surface area contributed by atoms with Crippen molar-refractivity contribution in [1.82, 2.24) is 19.4 Å². The third kappa shape index (κ3) is 3.25. The van der Waals surface area contributed by atoms with Gasteiger partial charge in [0.15, 0.2) is 0 Å². The minimum absolute atomic E-state index is 0.741. The van der Waals surface area contributed by atoms with Gasteiger partial charge in [0.1, 0.15) is 5.82 Å². The zero-order chi connectivity index (χ0) is 14.9. The van der Waals surface area contributed by atoms with E-state index in [-0.39, 0.29) is 0 Å². The molecule has 0 radical (unpaired) electrons. The summed E-state index contributed by atoms with van der Waals surface area (Å²) in [5.74, 6) is 2.75. The summed E-state index contributed by atoms with van der Waals surface area (Å²) >= 11 is 1.94. The van der Waals surface area contributed by atoms with Crippen molar-refractivity contribution in [2.24, 2.45) is 13.0 Å². The topological polar surface area (TPSA) is 34.0 Å². The molecule has 4 nitrogen and oxygen atoms in total. The lowest BCUT2D eigenvalue weighted by molar-refractivity contribution is 0.166. The molecule has 0 N–H and O–H groups in total. The number of rotatable bonds is 5. The first-order chi connectivity index (χ1) is 10.8. The highest BCUT2D eigenvalue weighted by atomic mass is 32.1. The number of thiazole rings is 1. The summed E-state index contributed by atoms with van der Waals surface area (Å²) in [4.78, 5) is 13.2. The monoisotopic (exact) mass is 316 g/mol. The molecule has 1 saturated heterocycles. The molecule has 2 aromatic heterocycles. The van der Waals surface area contributed by atoms with E-state index in [2.05, 4.69) is 32.7 Å². The SMILES string of the molecule is Cn1ccnc1CC1CCCN(Cc2cnc(C3CC3)s2)C1. The molecule has 118 valence electrons. The molecular formula is C17H24N4S. The van der Waals surface area contributed by atoms with Gasteiger partial charge in [-0.05, 0) is 38.1 Å². The summed E-state index contributed by atoms with van der Waals surface area (Å²) in [5.41, 5.74) is 0. The van der Waals surface area contributed by atoms with Crippen LogP contribution in [0, 0.1) is 5.92 Å². The van der Waals surface area contributed by atoms with Crippen LogP contribution < -0.4 is 0 Å². The van der Waals surface area contributed by atoms with Crippen molar-refractivity contribution in [2.75, 3.05) is 13.1 Å². The van der Waals surface area contributed by atoms with E-state index in [1.54, 1.807) is 0 Å². The molecule has 5 heteroatoms. The third-order valence-electron chi connectivity index (χ3n) is 4.87. The zero-order valence-corrected chi connectivity index (χ0v) is 14.1. The van der Waals surface area contributed by atoms with Gasteiger partial charge in [-0.2, -0.15) is 0 Å². The second-order valence-electron chi connectivity index (χ2n) is 6.84. The molecule has 2 aromatic rings. The first-order valence-corrected chi connectivity index (χ1v) is 9.23. The van der Waals surface area contributed by atoms with Gasteiger partial charge in [0.25, 0.3) is 0 Å². The fourth-order valence-corrected chi connectivity index (χ4v) is 4.58. The van der Waals surface area contributed by atoms with Crippen LogP contribution in [0.4, 0.5) is 0 Å². The van der Waals surface area contributed by atoms with Crippen LogP contribution in [0.2, 0.25) is 0 Å². The van der Waals surface area contributed by atoms with Gasteiger partial charge in [-0.3, -0.25) is 4.90 Å². The molecular weight excluding hydrogens is 292 g/mol. The Bertz CT molecular complexity index is 628. The summed E-state index contributed by atoms with van der Waals surface area (Å²) in [6, 6.07) is 0. The van der Waals surface area contributed by atoms with E-state index in [4.69, 9.17) is 0 Å². The molecule has 22 heavy (non-hydrogen) atoms. The Hall–Kier alpha value is -1.20. The molecule has 0 spiro atoms. The lowest BCUT2D eigenvalue weighted by Crippen LogP contribution is -2.35. The maximum absolute atomic E-state index is 4.61. The summed E-state index contributed by atoms with van der Waals surface area (Å²) in [6.45, 7) is 3.51. The first kappa shape index (κ1) is 14.4. The highest BCUT2D eigenvalue weighted by Crippen LogP contribution is 2.42. The highest BCUT2D eigenvalue weighted by molar-refractivity contribution is 7.11. The Morgan fingerprint density at radius 1 is 1.27 bits per heavy atom. The number of aromatic nitrogens is 3. The first-order valence-electron chi connectivity index (χ1n) is 8.41. The molecule has 1 atom stereocenters. The van der Waals surface area contributed by atoms with E-state index < -0.39 is 0 Å². The lowest BCUT2D eigenvalue weighted by atomic mass is 9.94. The third-order valence-corrected chi connectivity index (χ3v) is 6.02. The van der Waals surface area contributed by atoms with Gasteiger partial charge in [0.05, 0.1) is 5.01 Å². The number of aryl methyl sites for hydroxylation is 1. The predicted molar refractivity (Wildman–Crippen MR) is 89.0 cm³/mol. The Morgan fingerprint density at radius 2 is 2.18 bits per heavy atom. The molecule has 1 aliphatic carbocycles. The second-order valence-corrected chi connectivity index (χ2v) is 7.99. The molecule has 2 aliphatic rings. The van der Waals surface area contributed by atoms with Crippen LogP contribution in [0.15, 0.2) is 18.6 Å². The number of hydrogen-bond donors (Lipinski definition) is 0. The summed E-state index contributed by atoms with van der Waals surface area (Å²) in [5, 5.41) is 1.37. The summed E-state index contributed by atoms with van der Waals surface area (Å²) in [7, 11) is 2.10. The molecule has 1 saturated carbocycles. The number of piperidine rings is 1. The summed E-state index contributed by atoms with van der Waals surface area (Å²) < 4.78 is 2.16. The molecule has 0 amide bonds. The molecule has 0 aromatic carbocycles. The van der Waals surface area contributed by atoms with Crippen molar-refractivity contribution >= 4 is 11.3 Å². The second kappa shape index (κ2) is 6.13. The van der Waals surface area contributed by atoms with Crippen molar-refractivity contribution < 1.29 is 0 Å². The van der Waals surface area contributed by atoms with Crippen LogP contribution in [0.5, 0.6) is 0 Å². The normalized spacial score (nSPS) is 23.0. The molecule has 1 aliphatic heterocycles. The van der Waals surface area contributed by atoms with Crippen LogP contribution in [-0.2, 0) is 20.0 Å². The molecule has 2 fully saturated rings. The van der Waals surface area contributed by atoms with Gasteiger partial charge in [-0.1, -0.05) is 0 Å². The average molecular weight is 316 g/mol. The van der Waals surface area contributed by atoms with Gasteiger partial charge in [-0.25, -0.2) is 9.97 Å². The van der Waals surface area contributed by atoms with Gasteiger partial charge in [-0.15, -0.1) is 11.3 Å². The van der Waals surface area contributed by atoms with Gasteiger partial charge >= 0.3 is 0 Å². The fourth-order valence-electron chi connectivity index (χ4n) is 3.45.